The zero-order chi connectivity index (χ0) is 13.7. The molecule has 0 aliphatic carbocycles. The zero-order valence-electron chi connectivity index (χ0n) is 11.4. The highest BCUT2D eigenvalue weighted by molar-refractivity contribution is 7.19. The molecule has 104 valence electrons. The van der Waals surface area contributed by atoms with Gasteiger partial charge in [0.1, 0.15) is 5.82 Å². The van der Waals surface area contributed by atoms with Gasteiger partial charge in [-0.15, -0.1) is 11.3 Å². The molecule has 1 atom stereocenters. The Kier molecular flexibility index (Phi) is 5.31. The van der Waals surface area contributed by atoms with Crippen LogP contribution in [0.15, 0.2) is 24.3 Å². The fraction of sp³-hybridized carbons (Fsp3) is 0.467. The summed E-state index contributed by atoms with van der Waals surface area (Å²) in [6.45, 7) is 6.47. The van der Waals surface area contributed by atoms with Crippen LogP contribution >= 0.6 is 11.3 Å². The van der Waals surface area contributed by atoms with Gasteiger partial charge in [0.2, 0.25) is 0 Å². The number of nitrogens with one attached hydrogen (secondary N) is 1. The molecule has 1 aromatic carbocycles. The number of hydrogen-bond acceptors (Lipinski definition) is 3. The standard InChI is InChI=1S/C15H20FNOS/c1-3-7-17-13(10-18-4-2)15-9-11-8-12(16)5-6-14(11)19-15/h5-6,8-9,13,17H,3-4,7,10H2,1-2H3. The predicted octanol–water partition coefficient (Wildman–Crippen LogP) is 4.12. The largest absolute Gasteiger partial charge is 0.380 e. The number of fused-ring (bicyclic) bond motifs is 1. The first-order valence-corrected chi connectivity index (χ1v) is 7.56. The van der Waals surface area contributed by atoms with Crippen LogP contribution in [0.25, 0.3) is 10.1 Å². The highest BCUT2D eigenvalue weighted by atomic mass is 32.1. The zero-order valence-corrected chi connectivity index (χ0v) is 12.2. The molecule has 0 bridgehead atoms. The smallest absolute Gasteiger partial charge is 0.123 e. The maximum atomic E-state index is 13.2. The average molecular weight is 281 g/mol. The Balaban J connectivity index is 2.21. The van der Waals surface area contributed by atoms with Gasteiger partial charge in [0.15, 0.2) is 0 Å². The van der Waals surface area contributed by atoms with Crippen molar-refractivity contribution in [3.63, 3.8) is 0 Å². The quantitative estimate of drug-likeness (QED) is 0.824. The number of ether oxygens (including phenoxy) is 1. The molecule has 1 N–H and O–H groups in total. The van der Waals surface area contributed by atoms with E-state index in [1.54, 1.807) is 17.4 Å². The van der Waals surface area contributed by atoms with Crippen molar-refractivity contribution in [3.8, 4) is 0 Å². The Bertz CT molecular complexity index is 518. The van der Waals surface area contributed by atoms with Crippen molar-refractivity contribution < 1.29 is 9.13 Å². The maximum Gasteiger partial charge on any atom is 0.123 e. The van der Waals surface area contributed by atoms with Gasteiger partial charge in [-0.1, -0.05) is 6.92 Å². The Morgan fingerprint density at radius 2 is 2.16 bits per heavy atom. The van der Waals surface area contributed by atoms with Crippen molar-refractivity contribution >= 4 is 21.4 Å². The van der Waals surface area contributed by atoms with Gasteiger partial charge in [0.05, 0.1) is 12.6 Å². The van der Waals surface area contributed by atoms with Crippen LogP contribution in [0.1, 0.15) is 31.2 Å². The normalized spacial score (nSPS) is 13.0. The Morgan fingerprint density at radius 3 is 2.89 bits per heavy atom. The van der Waals surface area contributed by atoms with Gasteiger partial charge in [0, 0.05) is 16.2 Å². The van der Waals surface area contributed by atoms with Gasteiger partial charge >= 0.3 is 0 Å². The number of benzene rings is 1. The third-order valence-electron chi connectivity index (χ3n) is 2.97. The molecule has 0 aliphatic heterocycles. The molecule has 0 saturated heterocycles. The van der Waals surface area contributed by atoms with Crippen LogP contribution in [0.5, 0.6) is 0 Å². The minimum absolute atomic E-state index is 0.181. The summed E-state index contributed by atoms with van der Waals surface area (Å²) < 4.78 is 19.9. The molecular weight excluding hydrogens is 261 g/mol. The van der Waals surface area contributed by atoms with Crippen LogP contribution in [-0.2, 0) is 4.74 Å². The van der Waals surface area contributed by atoms with Crippen molar-refractivity contribution in [1.29, 1.82) is 0 Å². The summed E-state index contributed by atoms with van der Waals surface area (Å²) in [6, 6.07) is 7.21. The molecule has 2 nitrogen and oxygen atoms in total. The van der Waals surface area contributed by atoms with E-state index in [1.807, 2.05) is 13.0 Å². The fourth-order valence-electron chi connectivity index (χ4n) is 2.00. The molecule has 0 spiro atoms. The van der Waals surface area contributed by atoms with E-state index in [9.17, 15) is 4.39 Å². The summed E-state index contributed by atoms with van der Waals surface area (Å²) in [4.78, 5) is 1.21. The topological polar surface area (TPSA) is 21.3 Å². The second kappa shape index (κ2) is 6.98. The van der Waals surface area contributed by atoms with E-state index in [2.05, 4.69) is 18.3 Å². The average Bonchev–Trinajstić information content (AvgIpc) is 2.81. The minimum atomic E-state index is -0.181. The first kappa shape index (κ1) is 14.4. The van der Waals surface area contributed by atoms with E-state index in [1.165, 1.54) is 10.9 Å². The highest BCUT2D eigenvalue weighted by Gasteiger charge is 2.14. The van der Waals surface area contributed by atoms with Crippen LogP contribution in [0.3, 0.4) is 0 Å². The van der Waals surface area contributed by atoms with Gasteiger partial charge in [-0.3, -0.25) is 0 Å². The van der Waals surface area contributed by atoms with E-state index in [0.29, 0.717) is 13.2 Å². The summed E-state index contributed by atoms with van der Waals surface area (Å²) in [5.41, 5.74) is 0. The monoisotopic (exact) mass is 281 g/mol. The summed E-state index contributed by atoms with van der Waals surface area (Å²) in [7, 11) is 0. The lowest BCUT2D eigenvalue weighted by atomic mass is 10.2. The van der Waals surface area contributed by atoms with E-state index in [-0.39, 0.29) is 11.9 Å². The summed E-state index contributed by atoms with van der Waals surface area (Å²) in [6.07, 6.45) is 1.09. The summed E-state index contributed by atoms with van der Waals surface area (Å²) in [5, 5.41) is 4.46. The van der Waals surface area contributed by atoms with E-state index in [4.69, 9.17) is 4.74 Å². The maximum absolute atomic E-state index is 13.2. The van der Waals surface area contributed by atoms with Gasteiger partial charge < -0.3 is 10.1 Å². The molecule has 4 heteroatoms. The van der Waals surface area contributed by atoms with Crippen LogP contribution in [0, 0.1) is 5.82 Å². The van der Waals surface area contributed by atoms with Crippen molar-refractivity contribution in [1.82, 2.24) is 5.32 Å². The molecule has 0 fully saturated rings. The lowest BCUT2D eigenvalue weighted by Gasteiger charge is -2.16. The minimum Gasteiger partial charge on any atom is -0.380 e. The summed E-state index contributed by atoms with van der Waals surface area (Å²) >= 11 is 1.71. The van der Waals surface area contributed by atoms with Crippen molar-refractivity contribution in [2.75, 3.05) is 19.8 Å². The molecule has 0 amide bonds. The first-order valence-electron chi connectivity index (χ1n) is 6.74. The van der Waals surface area contributed by atoms with Gasteiger partial charge in [-0.2, -0.15) is 0 Å². The third kappa shape index (κ3) is 3.75. The SMILES string of the molecule is CCCNC(COCC)c1cc2cc(F)ccc2s1. The highest BCUT2D eigenvalue weighted by Crippen LogP contribution is 2.30. The molecule has 19 heavy (non-hydrogen) atoms. The second-order valence-electron chi connectivity index (χ2n) is 4.50. The molecule has 2 rings (SSSR count). The molecule has 0 radical (unpaired) electrons. The van der Waals surface area contributed by atoms with Gasteiger partial charge in [-0.25, -0.2) is 4.39 Å². The van der Waals surface area contributed by atoms with Crippen LogP contribution in [0.4, 0.5) is 4.39 Å². The van der Waals surface area contributed by atoms with E-state index >= 15 is 0 Å². The molecule has 1 heterocycles. The third-order valence-corrected chi connectivity index (χ3v) is 4.20. The fourth-order valence-corrected chi connectivity index (χ4v) is 3.11. The summed E-state index contributed by atoms with van der Waals surface area (Å²) in [5.74, 6) is -0.181. The molecular formula is C15H20FNOS. The van der Waals surface area contributed by atoms with Crippen molar-refractivity contribution in [3.05, 3.63) is 35.0 Å². The number of hydrogen-bond donors (Lipinski definition) is 1. The Hall–Kier alpha value is -0.970. The number of rotatable bonds is 7. The Labute approximate surface area is 117 Å². The van der Waals surface area contributed by atoms with Gasteiger partial charge in [0.25, 0.3) is 0 Å². The number of halogens is 1. The van der Waals surface area contributed by atoms with Crippen molar-refractivity contribution in [2.24, 2.45) is 0 Å². The predicted molar refractivity (Wildman–Crippen MR) is 79.3 cm³/mol. The molecule has 1 aromatic heterocycles. The molecule has 0 aliphatic rings. The molecule has 0 saturated carbocycles. The van der Waals surface area contributed by atoms with E-state index in [0.717, 1.165) is 23.1 Å². The van der Waals surface area contributed by atoms with E-state index < -0.39 is 0 Å². The lowest BCUT2D eigenvalue weighted by molar-refractivity contribution is 0.124. The van der Waals surface area contributed by atoms with Crippen LogP contribution in [-0.4, -0.2) is 19.8 Å². The molecule has 2 aromatic rings. The second-order valence-corrected chi connectivity index (χ2v) is 5.61. The van der Waals surface area contributed by atoms with Gasteiger partial charge in [-0.05, 0) is 49.5 Å². The molecule has 1 unspecified atom stereocenters. The Morgan fingerprint density at radius 1 is 1.32 bits per heavy atom. The first-order chi connectivity index (χ1) is 9.24. The van der Waals surface area contributed by atoms with Crippen LogP contribution < -0.4 is 5.32 Å². The number of thiophene rings is 1. The van der Waals surface area contributed by atoms with Crippen molar-refractivity contribution in [2.45, 2.75) is 26.3 Å². The van der Waals surface area contributed by atoms with Crippen LogP contribution in [0.2, 0.25) is 0 Å². The lowest BCUT2D eigenvalue weighted by Crippen LogP contribution is -2.25.